The molecule has 0 saturated carbocycles. The molecule has 4 aromatic rings. The molecule has 0 bridgehead atoms. The van der Waals surface area contributed by atoms with E-state index in [1.165, 1.54) is 16.9 Å². The number of benzene rings is 2. The average Bonchev–Trinajstić information content (AvgIpc) is 3.24. The number of methoxy groups -OCH3 is 1. The molecule has 0 fully saturated rings. The first kappa shape index (κ1) is 21.8. The van der Waals surface area contributed by atoms with Crippen LogP contribution in [0.25, 0.3) is 10.2 Å². The molecule has 0 aliphatic heterocycles. The highest BCUT2D eigenvalue weighted by atomic mass is 32.1. The lowest BCUT2D eigenvalue weighted by atomic mass is 10.0. The maximum Gasteiger partial charge on any atom is 0.267 e. The molecule has 2 heterocycles. The molecule has 6 nitrogen and oxygen atoms in total. The van der Waals surface area contributed by atoms with Crippen LogP contribution in [0.3, 0.4) is 0 Å². The molecule has 164 valence electrons. The fraction of sp³-hybridized carbons (Fsp3) is 0.240. The molecule has 0 unspecified atom stereocenters. The van der Waals surface area contributed by atoms with Crippen molar-refractivity contribution in [2.24, 2.45) is 0 Å². The summed E-state index contributed by atoms with van der Waals surface area (Å²) in [5, 5.41) is 0.600. The summed E-state index contributed by atoms with van der Waals surface area (Å²) in [4.78, 5) is 23.9. The number of ether oxygens (including phenoxy) is 2. The van der Waals surface area contributed by atoms with Crippen molar-refractivity contribution >= 4 is 32.6 Å². The van der Waals surface area contributed by atoms with Gasteiger partial charge >= 0.3 is 0 Å². The van der Waals surface area contributed by atoms with Crippen molar-refractivity contribution in [2.45, 2.75) is 26.3 Å². The zero-order valence-electron chi connectivity index (χ0n) is 18.3. The van der Waals surface area contributed by atoms with Gasteiger partial charge in [-0.05, 0) is 53.9 Å². The first-order valence-electron chi connectivity index (χ1n) is 10.4. The van der Waals surface area contributed by atoms with Crippen LogP contribution < -0.4 is 14.4 Å². The van der Waals surface area contributed by atoms with E-state index in [-0.39, 0.29) is 12.5 Å². The Balaban J connectivity index is 1.56. The molecule has 32 heavy (non-hydrogen) atoms. The predicted molar refractivity (Wildman–Crippen MR) is 128 cm³/mol. The molecule has 0 saturated heterocycles. The Morgan fingerprint density at radius 2 is 1.84 bits per heavy atom. The van der Waals surface area contributed by atoms with Gasteiger partial charge in [-0.3, -0.25) is 14.7 Å². The molecule has 2 aromatic carbocycles. The van der Waals surface area contributed by atoms with Crippen LogP contribution in [0.1, 0.15) is 31.0 Å². The Morgan fingerprint density at radius 1 is 1.06 bits per heavy atom. The second-order valence-electron chi connectivity index (χ2n) is 7.64. The minimum absolute atomic E-state index is 0.0902. The number of aromatic nitrogens is 2. The number of nitrogens with zero attached hydrogens (tertiary/aromatic N) is 3. The van der Waals surface area contributed by atoms with Crippen LogP contribution in [0, 0.1) is 0 Å². The van der Waals surface area contributed by atoms with Gasteiger partial charge in [0.2, 0.25) is 0 Å². The number of hydrogen-bond donors (Lipinski definition) is 0. The van der Waals surface area contributed by atoms with E-state index in [0.717, 1.165) is 21.7 Å². The zero-order chi connectivity index (χ0) is 22.5. The van der Waals surface area contributed by atoms with E-state index in [0.29, 0.717) is 23.3 Å². The number of carbonyl (C=O) groups excluding carboxylic acids is 1. The zero-order valence-corrected chi connectivity index (χ0v) is 19.1. The monoisotopic (exact) mass is 447 g/mol. The smallest absolute Gasteiger partial charge is 0.267 e. The summed E-state index contributed by atoms with van der Waals surface area (Å²) in [5.41, 5.74) is 2.82. The van der Waals surface area contributed by atoms with Gasteiger partial charge in [0, 0.05) is 6.20 Å². The highest BCUT2D eigenvalue weighted by Crippen LogP contribution is 2.32. The number of pyridine rings is 1. The lowest BCUT2D eigenvalue weighted by molar-refractivity contribution is -0.120. The van der Waals surface area contributed by atoms with E-state index in [4.69, 9.17) is 9.47 Å². The molecule has 0 radical (unpaired) electrons. The summed E-state index contributed by atoms with van der Waals surface area (Å²) in [5.74, 6) is 1.67. The first-order chi connectivity index (χ1) is 15.5. The third-order valence-corrected chi connectivity index (χ3v) is 6.11. The van der Waals surface area contributed by atoms with E-state index in [9.17, 15) is 4.79 Å². The van der Waals surface area contributed by atoms with Gasteiger partial charge in [0.15, 0.2) is 11.7 Å². The molecule has 7 heteroatoms. The minimum atomic E-state index is -0.186. The largest absolute Gasteiger partial charge is 0.497 e. The van der Waals surface area contributed by atoms with E-state index in [2.05, 4.69) is 23.8 Å². The summed E-state index contributed by atoms with van der Waals surface area (Å²) in [6.45, 7) is 4.50. The van der Waals surface area contributed by atoms with Crippen molar-refractivity contribution in [3.05, 3.63) is 78.1 Å². The van der Waals surface area contributed by atoms with Gasteiger partial charge in [-0.1, -0.05) is 43.4 Å². The SMILES string of the molecule is COc1ccc2nc(N(Cc3ccccn3)C(=O)COc3ccc(C(C)C)cc3)sc2c1. The van der Waals surface area contributed by atoms with Gasteiger partial charge < -0.3 is 9.47 Å². The fourth-order valence-electron chi connectivity index (χ4n) is 3.22. The second kappa shape index (κ2) is 9.78. The predicted octanol–water partition coefficient (Wildman–Crippen LogP) is 5.44. The van der Waals surface area contributed by atoms with Gasteiger partial charge in [-0.2, -0.15) is 0 Å². The summed E-state index contributed by atoms with van der Waals surface area (Å²) in [6.07, 6.45) is 1.72. The average molecular weight is 448 g/mol. The normalized spacial score (nSPS) is 11.0. The van der Waals surface area contributed by atoms with Crippen molar-refractivity contribution in [3.63, 3.8) is 0 Å². The molecule has 4 rings (SSSR count). The van der Waals surface area contributed by atoms with Crippen LogP contribution in [0.4, 0.5) is 5.13 Å². The number of fused-ring (bicyclic) bond motifs is 1. The van der Waals surface area contributed by atoms with Crippen molar-refractivity contribution in [2.75, 3.05) is 18.6 Å². The molecular weight excluding hydrogens is 422 g/mol. The Morgan fingerprint density at radius 3 is 2.53 bits per heavy atom. The molecule has 0 N–H and O–H groups in total. The molecule has 0 spiro atoms. The summed E-state index contributed by atoms with van der Waals surface area (Å²) < 4.78 is 12.1. The molecule has 0 atom stereocenters. The van der Waals surface area contributed by atoms with Gasteiger partial charge in [-0.25, -0.2) is 4.98 Å². The topological polar surface area (TPSA) is 64.5 Å². The van der Waals surface area contributed by atoms with Crippen LogP contribution in [0.15, 0.2) is 66.9 Å². The standard InChI is InChI=1S/C25H25N3O3S/c1-17(2)18-7-9-20(10-8-18)31-16-24(29)28(15-19-6-4-5-13-26-19)25-27-22-12-11-21(30-3)14-23(22)32-25/h4-14,17H,15-16H2,1-3H3. The molecule has 2 aromatic heterocycles. The van der Waals surface area contributed by atoms with E-state index in [1.807, 2.05) is 60.7 Å². The van der Waals surface area contributed by atoms with Crippen LogP contribution >= 0.6 is 11.3 Å². The van der Waals surface area contributed by atoms with E-state index >= 15 is 0 Å². The second-order valence-corrected chi connectivity index (χ2v) is 8.65. The molecule has 0 aliphatic rings. The Labute approximate surface area is 191 Å². The Bertz CT molecular complexity index is 1190. The van der Waals surface area contributed by atoms with Gasteiger partial charge in [0.25, 0.3) is 5.91 Å². The van der Waals surface area contributed by atoms with Crippen LogP contribution in [-0.2, 0) is 11.3 Å². The van der Waals surface area contributed by atoms with Crippen LogP contribution in [0.5, 0.6) is 11.5 Å². The number of hydrogen-bond acceptors (Lipinski definition) is 6. The number of rotatable bonds is 8. The Kier molecular flexibility index (Phi) is 6.66. The number of carbonyl (C=O) groups is 1. The van der Waals surface area contributed by atoms with Crippen LogP contribution in [0.2, 0.25) is 0 Å². The molecular formula is C25H25N3O3S. The molecule has 1 amide bonds. The van der Waals surface area contributed by atoms with Gasteiger partial charge in [-0.15, -0.1) is 0 Å². The van der Waals surface area contributed by atoms with Gasteiger partial charge in [0.1, 0.15) is 11.5 Å². The van der Waals surface area contributed by atoms with E-state index in [1.54, 1.807) is 18.2 Å². The minimum Gasteiger partial charge on any atom is -0.497 e. The number of amides is 1. The van der Waals surface area contributed by atoms with Crippen LogP contribution in [-0.4, -0.2) is 29.6 Å². The van der Waals surface area contributed by atoms with Crippen molar-refractivity contribution in [1.82, 2.24) is 9.97 Å². The third-order valence-electron chi connectivity index (χ3n) is 5.07. The Hall–Kier alpha value is -3.45. The maximum atomic E-state index is 13.2. The molecule has 0 aliphatic carbocycles. The summed E-state index contributed by atoms with van der Waals surface area (Å²) in [6, 6.07) is 19.2. The maximum absolute atomic E-state index is 13.2. The van der Waals surface area contributed by atoms with Gasteiger partial charge in [0.05, 0.1) is 29.6 Å². The van der Waals surface area contributed by atoms with E-state index < -0.39 is 0 Å². The fourth-order valence-corrected chi connectivity index (χ4v) is 4.23. The highest BCUT2D eigenvalue weighted by Gasteiger charge is 2.21. The first-order valence-corrected chi connectivity index (χ1v) is 11.2. The number of anilines is 1. The highest BCUT2D eigenvalue weighted by molar-refractivity contribution is 7.22. The number of thiazole rings is 1. The lowest BCUT2D eigenvalue weighted by Gasteiger charge is -2.20. The van der Waals surface area contributed by atoms with Crippen molar-refractivity contribution in [3.8, 4) is 11.5 Å². The lowest BCUT2D eigenvalue weighted by Crippen LogP contribution is -2.34. The van der Waals surface area contributed by atoms with Crippen molar-refractivity contribution in [1.29, 1.82) is 0 Å². The van der Waals surface area contributed by atoms with Crippen molar-refractivity contribution < 1.29 is 14.3 Å². The third kappa shape index (κ3) is 5.06. The summed E-state index contributed by atoms with van der Waals surface area (Å²) >= 11 is 1.44. The quantitative estimate of drug-likeness (QED) is 0.360. The summed E-state index contributed by atoms with van der Waals surface area (Å²) in [7, 11) is 1.63.